The van der Waals surface area contributed by atoms with Crippen LogP contribution in [-0.4, -0.2) is 10.1 Å². The van der Waals surface area contributed by atoms with Gasteiger partial charge in [-0.05, 0) is 24.5 Å². The van der Waals surface area contributed by atoms with Crippen LogP contribution in [0.25, 0.3) is 0 Å². The van der Waals surface area contributed by atoms with E-state index in [-0.39, 0.29) is 5.92 Å². The van der Waals surface area contributed by atoms with Gasteiger partial charge in [0.2, 0.25) is 0 Å². The average molecular weight is 209 g/mol. The summed E-state index contributed by atoms with van der Waals surface area (Å²) in [6.07, 6.45) is 0.631. The lowest BCUT2D eigenvalue weighted by Gasteiger charge is -2.13. The fourth-order valence-electron chi connectivity index (χ4n) is 1.48. The summed E-state index contributed by atoms with van der Waals surface area (Å²) in [6.45, 7) is 4.00. The van der Waals surface area contributed by atoms with Crippen molar-refractivity contribution in [3.05, 3.63) is 29.3 Å². The van der Waals surface area contributed by atoms with Gasteiger partial charge in [0.05, 0.1) is 4.99 Å². The summed E-state index contributed by atoms with van der Waals surface area (Å²) in [7, 11) is 0. The lowest BCUT2D eigenvalue weighted by molar-refractivity contribution is 0.463. The van der Waals surface area contributed by atoms with E-state index in [1.807, 2.05) is 26.0 Å². The van der Waals surface area contributed by atoms with Gasteiger partial charge < -0.3 is 10.8 Å². The number of hydrogen-bond donors (Lipinski definition) is 2. The van der Waals surface area contributed by atoms with Crippen LogP contribution in [0.1, 0.15) is 30.4 Å². The zero-order valence-electron chi connectivity index (χ0n) is 8.45. The molecule has 0 saturated carbocycles. The van der Waals surface area contributed by atoms with E-state index in [9.17, 15) is 5.11 Å². The molecule has 1 unspecified atom stereocenters. The van der Waals surface area contributed by atoms with E-state index in [0.29, 0.717) is 17.2 Å². The van der Waals surface area contributed by atoms with Gasteiger partial charge in [-0.2, -0.15) is 0 Å². The summed E-state index contributed by atoms with van der Waals surface area (Å²) in [5, 5.41) is 9.63. The van der Waals surface area contributed by atoms with Gasteiger partial charge in [-0.3, -0.25) is 0 Å². The Balaban J connectivity index is 2.93. The van der Waals surface area contributed by atoms with Crippen molar-refractivity contribution in [3.63, 3.8) is 0 Å². The highest BCUT2D eigenvalue weighted by Crippen LogP contribution is 2.28. The van der Waals surface area contributed by atoms with E-state index < -0.39 is 0 Å². The standard InChI is InChI=1S/C11H15NOS/c1-7-3-4-10(13)9(5-7)8(2)6-11(12)14/h3-5,8,13H,6H2,1-2H3,(H2,12,14). The SMILES string of the molecule is Cc1ccc(O)c(C(C)CC(N)=S)c1. The first-order valence-electron chi connectivity index (χ1n) is 4.58. The van der Waals surface area contributed by atoms with Gasteiger partial charge in [0.25, 0.3) is 0 Å². The van der Waals surface area contributed by atoms with Crippen LogP contribution < -0.4 is 5.73 Å². The minimum Gasteiger partial charge on any atom is -0.508 e. The van der Waals surface area contributed by atoms with E-state index in [4.69, 9.17) is 18.0 Å². The van der Waals surface area contributed by atoms with Gasteiger partial charge in [0.1, 0.15) is 5.75 Å². The first-order valence-corrected chi connectivity index (χ1v) is 4.99. The molecule has 1 rings (SSSR count). The van der Waals surface area contributed by atoms with Gasteiger partial charge in [0, 0.05) is 6.42 Å². The summed E-state index contributed by atoms with van der Waals surface area (Å²) in [6, 6.07) is 5.56. The smallest absolute Gasteiger partial charge is 0.119 e. The molecule has 0 aliphatic heterocycles. The predicted molar refractivity (Wildman–Crippen MR) is 62.7 cm³/mol. The minimum absolute atomic E-state index is 0.174. The second-order valence-electron chi connectivity index (χ2n) is 3.63. The van der Waals surface area contributed by atoms with Crippen LogP contribution in [0.4, 0.5) is 0 Å². The lowest BCUT2D eigenvalue weighted by atomic mass is 9.95. The lowest BCUT2D eigenvalue weighted by Crippen LogP contribution is -2.11. The molecule has 1 aromatic rings. The molecule has 76 valence electrons. The molecule has 0 amide bonds. The first kappa shape index (κ1) is 11.0. The molecule has 0 aliphatic carbocycles. The summed E-state index contributed by atoms with van der Waals surface area (Å²) < 4.78 is 0. The predicted octanol–water partition coefficient (Wildman–Crippen LogP) is 2.48. The molecule has 0 saturated heterocycles. The number of benzene rings is 1. The number of aromatic hydroxyl groups is 1. The summed E-state index contributed by atoms with van der Waals surface area (Å²) in [4.78, 5) is 0.485. The van der Waals surface area contributed by atoms with Crippen molar-refractivity contribution >= 4 is 17.2 Å². The molecule has 0 spiro atoms. The van der Waals surface area contributed by atoms with Gasteiger partial charge in [-0.15, -0.1) is 0 Å². The molecular weight excluding hydrogens is 194 g/mol. The zero-order chi connectivity index (χ0) is 10.7. The highest BCUT2D eigenvalue weighted by atomic mass is 32.1. The Morgan fingerprint density at radius 3 is 2.79 bits per heavy atom. The van der Waals surface area contributed by atoms with Gasteiger partial charge in [-0.25, -0.2) is 0 Å². The molecule has 14 heavy (non-hydrogen) atoms. The Morgan fingerprint density at radius 2 is 2.21 bits per heavy atom. The topological polar surface area (TPSA) is 46.2 Å². The highest BCUT2D eigenvalue weighted by molar-refractivity contribution is 7.80. The molecule has 0 fully saturated rings. The average Bonchev–Trinajstić information content (AvgIpc) is 2.08. The van der Waals surface area contributed by atoms with E-state index in [0.717, 1.165) is 11.1 Å². The van der Waals surface area contributed by atoms with Gasteiger partial charge in [0.15, 0.2) is 0 Å². The van der Waals surface area contributed by atoms with Crippen molar-refractivity contribution in [2.75, 3.05) is 0 Å². The molecular formula is C11H15NOS. The van der Waals surface area contributed by atoms with Crippen LogP contribution in [0.15, 0.2) is 18.2 Å². The number of phenols is 1. The quantitative estimate of drug-likeness (QED) is 0.752. The number of nitrogens with two attached hydrogens (primary N) is 1. The zero-order valence-corrected chi connectivity index (χ0v) is 9.27. The van der Waals surface area contributed by atoms with Crippen LogP contribution in [-0.2, 0) is 0 Å². The third-order valence-corrected chi connectivity index (χ3v) is 2.39. The second-order valence-corrected chi connectivity index (χ2v) is 4.16. The van der Waals surface area contributed by atoms with E-state index in [2.05, 4.69) is 0 Å². The van der Waals surface area contributed by atoms with E-state index in [1.54, 1.807) is 6.07 Å². The van der Waals surface area contributed by atoms with Crippen LogP contribution in [0, 0.1) is 6.92 Å². The van der Waals surface area contributed by atoms with Crippen LogP contribution >= 0.6 is 12.2 Å². The number of rotatable bonds is 3. The number of hydrogen-bond acceptors (Lipinski definition) is 2. The van der Waals surface area contributed by atoms with Gasteiger partial charge in [-0.1, -0.05) is 36.8 Å². The molecule has 0 aromatic heterocycles. The number of phenolic OH excluding ortho intramolecular Hbond substituents is 1. The molecule has 1 aromatic carbocycles. The third kappa shape index (κ3) is 2.70. The summed E-state index contributed by atoms with van der Waals surface area (Å²) in [5.74, 6) is 0.492. The van der Waals surface area contributed by atoms with Crippen LogP contribution in [0.5, 0.6) is 5.75 Å². The molecule has 1 atom stereocenters. The maximum Gasteiger partial charge on any atom is 0.119 e. The number of aryl methyl sites for hydroxylation is 1. The molecule has 3 N–H and O–H groups in total. The summed E-state index contributed by atoms with van der Waals surface area (Å²) in [5.41, 5.74) is 7.52. The van der Waals surface area contributed by atoms with Crippen molar-refractivity contribution in [1.29, 1.82) is 0 Å². The number of thiocarbonyl (C=S) groups is 1. The Hall–Kier alpha value is -1.09. The monoisotopic (exact) mass is 209 g/mol. The molecule has 2 nitrogen and oxygen atoms in total. The van der Waals surface area contributed by atoms with Crippen molar-refractivity contribution in [2.45, 2.75) is 26.2 Å². The fourth-order valence-corrected chi connectivity index (χ4v) is 1.73. The fraction of sp³-hybridized carbons (Fsp3) is 0.364. The van der Waals surface area contributed by atoms with Crippen molar-refractivity contribution in [3.8, 4) is 5.75 Å². The van der Waals surface area contributed by atoms with Gasteiger partial charge >= 0.3 is 0 Å². The Labute approximate surface area is 89.7 Å². The maximum absolute atomic E-state index is 9.63. The Bertz CT molecular complexity index is 349. The van der Waals surface area contributed by atoms with Crippen LogP contribution in [0.3, 0.4) is 0 Å². The maximum atomic E-state index is 9.63. The van der Waals surface area contributed by atoms with Crippen molar-refractivity contribution in [1.82, 2.24) is 0 Å². The molecule has 0 aliphatic rings. The highest BCUT2D eigenvalue weighted by Gasteiger charge is 2.11. The van der Waals surface area contributed by atoms with E-state index in [1.165, 1.54) is 0 Å². The second kappa shape index (κ2) is 4.42. The molecule has 0 bridgehead atoms. The summed E-state index contributed by atoms with van der Waals surface area (Å²) >= 11 is 4.84. The van der Waals surface area contributed by atoms with E-state index >= 15 is 0 Å². The Kier molecular flexibility index (Phi) is 3.47. The molecule has 3 heteroatoms. The normalized spacial score (nSPS) is 12.4. The molecule has 0 radical (unpaired) electrons. The van der Waals surface area contributed by atoms with Crippen molar-refractivity contribution < 1.29 is 5.11 Å². The Morgan fingerprint density at radius 1 is 1.57 bits per heavy atom. The molecule has 0 heterocycles. The largest absolute Gasteiger partial charge is 0.508 e. The first-order chi connectivity index (χ1) is 6.50. The minimum atomic E-state index is 0.174. The van der Waals surface area contributed by atoms with Crippen molar-refractivity contribution in [2.24, 2.45) is 5.73 Å². The third-order valence-electron chi connectivity index (χ3n) is 2.22. The van der Waals surface area contributed by atoms with Crippen LogP contribution in [0.2, 0.25) is 0 Å².